The zero-order valence-corrected chi connectivity index (χ0v) is 18.7. The summed E-state index contributed by atoms with van der Waals surface area (Å²) in [5.74, 6) is -0.230. The third kappa shape index (κ3) is 3.74. The van der Waals surface area contributed by atoms with Gasteiger partial charge in [0.1, 0.15) is 0 Å². The fraction of sp³-hybridized carbons (Fsp3) is 0.455. The fourth-order valence-corrected chi connectivity index (χ4v) is 4.98. The number of thioether (sulfide) groups is 1. The van der Waals surface area contributed by atoms with Gasteiger partial charge in [0.05, 0.1) is 10.4 Å². The number of nitrogens with zero attached hydrogens (tertiary/aromatic N) is 2. The van der Waals surface area contributed by atoms with E-state index < -0.39 is 0 Å². The van der Waals surface area contributed by atoms with Crippen molar-refractivity contribution in [2.45, 2.75) is 53.0 Å². The molecular weight excluding hydrogens is 392 g/mol. The number of allylic oxidation sites excluding steroid dienone is 1. The summed E-state index contributed by atoms with van der Waals surface area (Å²) in [5.41, 5.74) is 4.12. The molecule has 1 aromatic rings. The summed E-state index contributed by atoms with van der Waals surface area (Å²) in [6.45, 7) is 12.0. The Bertz CT molecular complexity index is 889. The Morgan fingerprint density at radius 3 is 2.46 bits per heavy atom. The van der Waals surface area contributed by atoms with E-state index in [1.54, 1.807) is 6.08 Å². The van der Waals surface area contributed by atoms with Gasteiger partial charge < -0.3 is 4.90 Å². The summed E-state index contributed by atoms with van der Waals surface area (Å²) < 4.78 is 0. The first-order chi connectivity index (χ1) is 13.2. The molecule has 2 heterocycles. The molecule has 0 radical (unpaired) electrons. The van der Waals surface area contributed by atoms with Crippen LogP contribution in [0.1, 0.15) is 58.6 Å². The Morgan fingerprint density at radius 2 is 1.82 bits per heavy atom. The number of fused-ring (bicyclic) bond motifs is 1. The van der Waals surface area contributed by atoms with Gasteiger partial charge in [-0.1, -0.05) is 31.5 Å². The predicted octanol–water partition coefficient (Wildman–Crippen LogP) is 6.20. The number of amides is 2. The highest BCUT2D eigenvalue weighted by molar-refractivity contribution is 8.18. The van der Waals surface area contributed by atoms with Crippen LogP contribution in [0.4, 0.5) is 10.5 Å². The Labute approximate surface area is 176 Å². The number of rotatable bonds is 5. The van der Waals surface area contributed by atoms with Gasteiger partial charge in [0.2, 0.25) is 0 Å². The van der Waals surface area contributed by atoms with Crippen LogP contribution in [0, 0.1) is 0 Å². The monoisotopic (exact) mass is 418 g/mol. The first-order valence-corrected chi connectivity index (χ1v) is 11.0. The molecule has 1 aromatic carbocycles. The summed E-state index contributed by atoms with van der Waals surface area (Å²) in [6, 6.07) is 4.03. The smallest absolute Gasteiger partial charge is 0.293 e. The van der Waals surface area contributed by atoms with Gasteiger partial charge in [-0.05, 0) is 74.7 Å². The van der Waals surface area contributed by atoms with E-state index in [0.29, 0.717) is 16.5 Å². The minimum absolute atomic E-state index is 0.0826. The number of benzene rings is 1. The van der Waals surface area contributed by atoms with Gasteiger partial charge in [-0.3, -0.25) is 14.5 Å². The second-order valence-electron chi connectivity index (χ2n) is 7.86. The van der Waals surface area contributed by atoms with Crippen LogP contribution >= 0.6 is 23.4 Å². The predicted molar refractivity (Wildman–Crippen MR) is 120 cm³/mol. The van der Waals surface area contributed by atoms with E-state index in [1.165, 1.54) is 10.5 Å². The van der Waals surface area contributed by atoms with Crippen molar-refractivity contribution in [2.75, 3.05) is 18.0 Å². The maximum atomic E-state index is 12.6. The maximum Gasteiger partial charge on any atom is 0.293 e. The van der Waals surface area contributed by atoms with Crippen molar-refractivity contribution < 1.29 is 9.59 Å². The fourth-order valence-electron chi connectivity index (χ4n) is 3.92. The number of imide groups is 1. The number of hydrogen-bond acceptors (Lipinski definition) is 4. The number of anilines is 1. The molecule has 2 aliphatic rings. The number of carbonyl (C=O) groups is 2. The van der Waals surface area contributed by atoms with Crippen LogP contribution in [0.3, 0.4) is 0 Å². The molecule has 1 fully saturated rings. The summed E-state index contributed by atoms with van der Waals surface area (Å²) in [4.78, 5) is 28.8. The van der Waals surface area contributed by atoms with Crippen LogP contribution in [0.5, 0.6) is 0 Å². The lowest BCUT2D eigenvalue weighted by atomic mass is 9.87. The quantitative estimate of drug-likeness (QED) is 0.534. The van der Waals surface area contributed by atoms with E-state index in [4.69, 9.17) is 11.6 Å². The van der Waals surface area contributed by atoms with Crippen LogP contribution in [0.25, 0.3) is 11.6 Å². The molecule has 2 amide bonds. The van der Waals surface area contributed by atoms with Gasteiger partial charge in [0.15, 0.2) is 0 Å². The van der Waals surface area contributed by atoms with Gasteiger partial charge in [0, 0.05) is 29.4 Å². The topological polar surface area (TPSA) is 40.6 Å². The van der Waals surface area contributed by atoms with Crippen LogP contribution in [-0.4, -0.2) is 34.7 Å². The summed E-state index contributed by atoms with van der Waals surface area (Å²) in [6.07, 6.45) is 5.82. The molecule has 1 saturated heterocycles. The Hall–Kier alpha value is -1.72. The molecule has 0 bridgehead atoms. The highest BCUT2D eigenvalue weighted by atomic mass is 35.5. The Kier molecular flexibility index (Phi) is 5.97. The highest BCUT2D eigenvalue weighted by Gasteiger charge is 2.35. The van der Waals surface area contributed by atoms with Crippen molar-refractivity contribution >= 4 is 51.8 Å². The van der Waals surface area contributed by atoms with E-state index >= 15 is 0 Å². The molecule has 28 heavy (non-hydrogen) atoms. The minimum Gasteiger partial charge on any atom is -0.362 e. The Balaban J connectivity index is 2.04. The number of hydrogen-bond donors (Lipinski definition) is 0. The average Bonchev–Trinajstić information content (AvgIpc) is 2.87. The molecule has 4 nitrogen and oxygen atoms in total. The van der Waals surface area contributed by atoms with E-state index in [-0.39, 0.29) is 16.7 Å². The lowest BCUT2D eigenvalue weighted by Gasteiger charge is -2.43. The second kappa shape index (κ2) is 7.96. The van der Waals surface area contributed by atoms with Crippen LogP contribution < -0.4 is 4.90 Å². The molecule has 6 heteroatoms. The average molecular weight is 419 g/mol. The zero-order valence-electron chi connectivity index (χ0n) is 17.1. The molecule has 0 spiro atoms. The summed E-state index contributed by atoms with van der Waals surface area (Å²) in [7, 11) is 0. The van der Waals surface area contributed by atoms with Crippen molar-refractivity contribution in [3.05, 3.63) is 39.3 Å². The standard InChI is InChI=1S/C22H27ClN2O2S/c1-6-8-24-20(26)19(28-21(24)27)11-15-10-16-14(3)13-22(4,5)25(9-7-2)18(16)12-17(15)23/h10-13H,6-9H2,1-5H3/b19-11+. The van der Waals surface area contributed by atoms with Gasteiger partial charge in [-0.2, -0.15) is 0 Å². The first-order valence-electron chi connectivity index (χ1n) is 9.76. The lowest BCUT2D eigenvalue weighted by Crippen LogP contribution is -2.45. The highest BCUT2D eigenvalue weighted by Crippen LogP contribution is 2.42. The SMILES string of the molecule is CCCN1C(=O)S/C(=C/c2cc3c(cc2Cl)N(CCC)C(C)(C)C=C3C)C1=O. The van der Waals surface area contributed by atoms with Crippen LogP contribution in [0.2, 0.25) is 5.02 Å². The molecule has 0 N–H and O–H groups in total. The third-order valence-corrected chi connectivity index (χ3v) is 6.39. The normalized spacial score (nSPS) is 20.1. The number of halogens is 1. The van der Waals surface area contributed by atoms with Crippen LogP contribution in [-0.2, 0) is 4.79 Å². The molecule has 0 saturated carbocycles. The maximum absolute atomic E-state index is 12.6. The molecule has 3 rings (SSSR count). The van der Waals surface area contributed by atoms with Crippen molar-refractivity contribution in [1.29, 1.82) is 0 Å². The van der Waals surface area contributed by atoms with Crippen molar-refractivity contribution in [2.24, 2.45) is 0 Å². The minimum atomic E-state index is -0.230. The summed E-state index contributed by atoms with van der Waals surface area (Å²) in [5, 5.41) is 0.381. The van der Waals surface area contributed by atoms with Crippen molar-refractivity contribution in [3.8, 4) is 0 Å². The molecule has 0 unspecified atom stereocenters. The molecule has 0 aliphatic carbocycles. The molecule has 0 aromatic heterocycles. The molecule has 150 valence electrons. The largest absolute Gasteiger partial charge is 0.362 e. The molecular formula is C22H27ClN2O2S. The van der Waals surface area contributed by atoms with E-state index in [2.05, 4.69) is 38.7 Å². The van der Waals surface area contributed by atoms with E-state index in [9.17, 15) is 9.59 Å². The van der Waals surface area contributed by atoms with Gasteiger partial charge >= 0.3 is 0 Å². The molecule has 0 atom stereocenters. The zero-order chi connectivity index (χ0) is 20.6. The van der Waals surface area contributed by atoms with Crippen LogP contribution in [0.15, 0.2) is 23.1 Å². The third-order valence-electron chi connectivity index (χ3n) is 5.15. The second-order valence-corrected chi connectivity index (χ2v) is 9.26. The first kappa shape index (κ1) is 21.0. The number of carbonyl (C=O) groups excluding carboxylic acids is 2. The van der Waals surface area contributed by atoms with Gasteiger partial charge in [0.25, 0.3) is 11.1 Å². The van der Waals surface area contributed by atoms with Gasteiger partial charge in [-0.25, -0.2) is 0 Å². The molecule has 2 aliphatic heterocycles. The Morgan fingerprint density at radius 1 is 1.14 bits per heavy atom. The summed E-state index contributed by atoms with van der Waals surface area (Å²) >= 11 is 7.60. The van der Waals surface area contributed by atoms with Crippen molar-refractivity contribution in [1.82, 2.24) is 4.90 Å². The van der Waals surface area contributed by atoms with Gasteiger partial charge in [-0.15, -0.1) is 0 Å². The van der Waals surface area contributed by atoms with E-state index in [0.717, 1.165) is 48.0 Å². The van der Waals surface area contributed by atoms with Crippen molar-refractivity contribution in [3.63, 3.8) is 0 Å². The van der Waals surface area contributed by atoms with E-state index in [1.807, 2.05) is 19.1 Å². The lowest BCUT2D eigenvalue weighted by molar-refractivity contribution is -0.122.